The number of ether oxygens (including phenoxy) is 1. The second kappa shape index (κ2) is 9.10. The number of carbonyl (C=O) groups excluding carboxylic acids is 2. The van der Waals surface area contributed by atoms with Crippen LogP contribution in [0.3, 0.4) is 0 Å². The summed E-state index contributed by atoms with van der Waals surface area (Å²) in [6.07, 6.45) is 1.92. The first kappa shape index (κ1) is 20.8. The maximum absolute atomic E-state index is 12.9. The predicted octanol–water partition coefficient (Wildman–Crippen LogP) is 4.18. The first-order valence-corrected chi connectivity index (χ1v) is 10.4. The molecule has 0 radical (unpaired) electrons. The van der Waals surface area contributed by atoms with Crippen LogP contribution in [0.5, 0.6) is 0 Å². The van der Waals surface area contributed by atoms with Crippen LogP contribution < -0.4 is 10.2 Å². The van der Waals surface area contributed by atoms with Gasteiger partial charge in [-0.1, -0.05) is 48.5 Å². The van der Waals surface area contributed by atoms with E-state index in [4.69, 9.17) is 4.74 Å². The molecule has 1 amide bonds. The Morgan fingerprint density at radius 1 is 0.903 bits per heavy atom. The van der Waals surface area contributed by atoms with Crippen LogP contribution in [0.1, 0.15) is 40.1 Å². The summed E-state index contributed by atoms with van der Waals surface area (Å²) < 4.78 is 5.77. The van der Waals surface area contributed by atoms with Gasteiger partial charge in [-0.25, -0.2) is 4.98 Å². The van der Waals surface area contributed by atoms with Crippen molar-refractivity contribution < 1.29 is 14.3 Å². The Kier molecular flexibility index (Phi) is 6.09. The molecule has 1 aliphatic rings. The largest absolute Gasteiger partial charge is 0.372 e. The SMILES string of the molecule is CC1CN(c2ccc(NC(=O)c3ccccc3C(=O)c3ccccc3)cn2)CC(C)O1. The minimum Gasteiger partial charge on any atom is -0.372 e. The van der Waals surface area contributed by atoms with Crippen molar-refractivity contribution in [3.63, 3.8) is 0 Å². The summed E-state index contributed by atoms with van der Waals surface area (Å²) in [6.45, 7) is 5.65. The zero-order chi connectivity index (χ0) is 21.8. The molecule has 6 nitrogen and oxygen atoms in total. The monoisotopic (exact) mass is 415 g/mol. The lowest BCUT2D eigenvalue weighted by atomic mass is 9.98. The molecule has 31 heavy (non-hydrogen) atoms. The number of hydrogen-bond acceptors (Lipinski definition) is 5. The first-order valence-electron chi connectivity index (χ1n) is 10.4. The van der Waals surface area contributed by atoms with E-state index in [1.165, 1.54) is 0 Å². The second-order valence-electron chi connectivity index (χ2n) is 7.76. The normalized spacial score (nSPS) is 18.5. The maximum atomic E-state index is 12.9. The Morgan fingerprint density at radius 2 is 1.55 bits per heavy atom. The number of carbonyl (C=O) groups is 2. The predicted molar refractivity (Wildman–Crippen MR) is 121 cm³/mol. The molecule has 3 aromatic rings. The number of nitrogens with zero attached hydrogens (tertiary/aromatic N) is 2. The number of benzene rings is 2. The zero-order valence-corrected chi connectivity index (χ0v) is 17.6. The highest BCUT2D eigenvalue weighted by atomic mass is 16.5. The third kappa shape index (κ3) is 4.81. The summed E-state index contributed by atoms with van der Waals surface area (Å²) in [5.41, 5.74) is 1.82. The molecule has 2 aromatic carbocycles. The molecule has 1 aliphatic heterocycles. The second-order valence-corrected chi connectivity index (χ2v) is 7.76. The van der Waals surface area contributed by atoms with Crippen LogP contribution >= 0.6 is 0 Å². The Hall–Kier alpha value is -3.51. The van der Waals surface area contributed by atoms with E-state index < -0.39 is 0 Å². The van der Waals surface area contributed by atoms with E-state index in [9.17, 15) is 9.59 Å². The first-order chi connectivity index (χ1) is 15.0. The molecule has 1 N–H and O–H groups in total. The summed E-state index contributed by atoms with van der Waals surface area (Å²) in [6, 6.07) is 19.5. The van der Waals surface area contributed by atoms with Gasteiger partial charge in [0, 0.05) is 24.2 Å². The standard InChI is InChI=1S/C25H25N3O3/c1-17-15-28(16-18(2)31-17)23-13-12-20(14-26-23)27-25(30)22-11-7-6-10-21(22)24(29)19-8-4-3-5-9-19/h3-14,17-18H,15-16H2,1-2H3,(H,27,30). The molecular formula is C25H25N3O3. The number of ketones is 1. The van der Waals surface area contributed by atoms with Crippen molar-refractivity contribution in [2.75, 3.05) is 23.3 Å². The molecule has 2 heterocycles. The highest BCUT2D eigenvalue weighted by Crippen LogP contribution is 2.21. The van der Waals surface area contributed by atoms with E-state index in [1.54, 1.807) is 54.7 Å². The molecule has 158 valence electrons. The van der Waals surface area contributed by atoms with Gasteiger partial charge in [-0.2, -0.15) is 0 Å². The molecule has 1 saturated heterocycles. The van der Waals surface area contributed by atoms with E-state index in [0.29, 0.717) is 22.4 Å². The zero-order valence-electron chi connectivity index (χ0n) is 17.6. The van der Waals surface area contributed by atoms with Crippen LogP contribution in [-0.2, 0) is 4.74 Å². The van der Waals surface area contributed by atoms with Crippen molar-refractivity contribution in [2.24, 2.45) is 0 Å². The highest BCUT2D eigenvalue weighted by Gasteiger charge is 2.23. The number of anilines is 2. The van der Waals surface area contributed by atoms with E-state index in [1.807, 2.05) is 32.0 Å². The van der Waals surface area contributed by atoms with Gasteiger partial charge in [-0.3, -0.25) is 9.59 Å². The van der Waals surface area contributed by atoms with Crippen LogP contribution in [0.2, 0.25) is 0 Å². The van der Waals surface area contributed by atoms with Gasteiger partial charge in [-0.05, 0) is 32.0 Å². The van der Waals surface area contributed by atoms with Gasteiger partial charge in [-0.15, -0.1) is 0 Å². The molecule has 0 bridgehead atoms. The van der Waals surface area contributed by atoms with Gasteiger partial charge in [0.2, 0.25) is 0 Å². The fourth-order valence-corrected chi connectivity index (χ4v) is 3.83. The van der Waals surface area contributed by atoms with Gasteiger partial charge in [0.25, 0.3) is 5.91 Å². The van der Waals surface area contributed by atoms with Gasteiger partial charge in [0.1, 0.15) is 5.82 Å². The van der Waals surface area contributed by atoms with Crippen molar-refractivity contribution >= 4 is 23.2 Å². The summed E-state index contributed by atoms with van der Waals surface area (Å²) >= 11 is 0. The van der Waals surface area contributed by atoms with Gasteiger partial charge in [0.15, 0.2) is 5.78 Å². The maximum Gasteiger partial charge on any atom is 0.256 e. The molecule has 0 aliphatic carbocycles. The molecule has 2 atom stereocenters. The fraction of sp³-hybridized carbons (Fsp3) is 0.240. The molecule has 0 saturated carbocycles. The number of amides is 1. The van der Waals surface area contributed by atoms with Crippen LogP contribution in [0.25, 0.3) is 0 Å². The summed E-state index contributed by atoms with van der Waals surface area (Å²) in [7, 11) is 0. The number of rotatable bonds is 5. The Bertz CT molecular complexity index is 1060. The molecule has 6 heteroatoms. The quantitative estimate of drug-likeness (QED) is 0.633. The van der Waals surface area contributed by atoms with Crippen molar-refractivity contribution in [1.29, 1.82) is 0 Å². The average Bonchev–Trinajstić information content (AvgIpc) is 2.79. The van der Waals surface area contributed by atoms with Gasteiger partial charge >= 0.3 is 0 Å². The van der Waals surface area contributed by atoms with Gasteiger partial charge in [0.05, 0.1) is 29.7 Å². The number of morpholine rings is 1. The lowest BCUT2D eigenvalue weighted by Gasteiger charge is -2.36. The lowest BCUT2D eigenvalue weighted by Crippen LogP contribution is -2.45. The van der Waals surface area contributed by atoms with Gasteiger partial charge < -0.3 is 15.0 Å². The third-order valence-corrected chi connectivity index (χ3v) is 5.20. The van der Waals surface area contributed by atoms with Crippen LogP contribution in [0.4, 0.5) is 11.5 Å². The molecular weight excluding hydrogens is 390 g/mol. The summed E-state index contributed by atoms with van der Waals surface area (Å²) in [5.74, 6) is 0.318. The highest BCUT2D eigenvalue weighted by molar-refractivity contribution is 6.17. The van der Waals surface area contributed by atoms with E-state index in [2.05, 4.69) is 15.2 Å². The number of hydrogen-bond donors (Lipinski definition) is 1. The Morgan fingerprint density at radius 3 is 2.19 bits per heavy atom. The van der Waals surface area contributed by atoms with Crippen molar-refractivity contribution in [3.8, 4) is 0 Å². The summed E-state index contributed by atoms with van der Waals surface area (Å²) in [4.78, 5) is 32.5. The van der Waals surface area contributed by atoms with Crippen molar-refractivity contribution in [3.05, 3.63) is 89.6 Å². The minimum absolute atomic E-state index is 0.142. The third-order valence-electron chi connectivity index (χ3n) is 5.20. The Labute approximate surface area is 181 Å². The lowest BCUT2D eigenvalue weighted by molar-refractivity contribution is -0.00545. The molecule has 1 fully saturated rings. The molecule has 0 spiro atoms. The number of nitrogens with one attached hydrogen (secondary N) is 1. The number of aromatic nitrogens is 1. The van der Waals surface area contributed by atoms with Crippen molar-refractivity contribution in [2.45, 2.75) is 26.1 Å². The smallest absolute Gasteiger partial charge is 0.256 e. The summed E-state index contributed by atoms with van der Waals surface area (Å²) in [5, 5.41) is 2.86. The van der Waals surface area contributed by atoms with E-state index in [-0.39, 0.29) is 23.9 Å². The fourth-order valence-electron chi connectivity index (χ4n) is 3.83. The van der Waals surface area contributed by atoms with Crippen LogP contribution in [-0.4, -0.2) is 42.0 Å². The Balaban J connectivity index is 1.50. The molecule has 2 unspecified atom stereocenters. The molecule has 4 rings (SSSR count). The molecule has 1 aromatic heterocycles. The topological polar surface area (TPSA) is 71.5 Å². The van der Waals surface area contributed by atoms with Crippen LogP contribution in [0, 0.1) is 0 Å². The average molecular weight is 415 g/mol. The van der Waals surface area contributed by atoms with Crippen molar-refractivity contribution in [1.82, 2.24) is 4.98 Å². The van der Waals surface area contributed by atoms with Crippen LogP contribution in [0.15, 0.2) is 72.9 Å². The van der Waals surface area contributed by atoms with E-state index in [0.717, 1.165) is 18.9 Å². The van der Waals surface area contributed by atoms with E-state index >= 15 is 0 Å². The number of pyridine rings is 1. The minimum atomic E-state index is -0.344.